The summed E-state index contributed by atoms with van der Waals surface area (Å²) in [4.78, 5) is 27.8. The number of carboxylic acid groups (broad SMARTS) is 1. The van der Waals surface area contributed by atoms with Crippen LogP contribution in [0.4, 0.5) is 17.6 Å². The molecule has 5 N–H and O–H groups in total. The van der Waals surface area contributed by atoms with E-state index in [0.29, 0.717) is 24.9 Å². The Morgan fingerprint density at radius 1 is 1.19 bits per heavy atom. The molecule has 0 radical (unpaired) electrons. The second-order valence-electron chi connectivity index (χ2n) is 7.58. The summed E-state index contributed by atoms with van der Waals surface area (Å²) in [7, 11) is 0. The highest BCUT2D eigenvalue weighted by Crippen LogP contribution is 2.22. The van der Waals surface area contributed by atoms with E-state index in [1.807, 2.05) is 49.4 Å². The lowest BCUT2D eigenvalue weighted by molar-refractivity contribution is -0.122. The number of anilines is 3. The van der Waals surface area contributed by atoms with Gasteiger partial charge in [-0.1, -0.05) is 18.2 Å². The number of benzene rings is 1. The molecule has 0 saturated carbocycles. The number of aliphatic hydroxyl groups is 1. The Kier molecular flexibility index (Phi) is 8.01. The van der Waals surface area contributed by atoms with E-state index in [1.165, 1.54) is 0 Å². The molecule has 168 valence electrons. The lowest BCUT2D eigenvalue weighted by Crippen LogP contribution is -2.23. The van der Waals surface area contributed by atoms with Crippen LogP contribution in [0.3, 0.4) is 0 Å². The van der Waals surface area contributed by atoms with E-state index < -0.39 is 6.10 Å². The average Bonchev–Trinajstić information content (AvgIpc) is 3.07. The van der Waals surface area contributed by atoms with Crippen molar-refractivity contribution in [1.82, 2.24) is 24.8 Å². The predicted molar refractivity (Wildman–Crippen MR) is 120 cm³/mol. The van der Waals surface area contributed by atoms with Gasteiger partial charge >= 0.3 is 0 Å². The van der Waals surface area contributed by atoms with Crippen molar-refractivity contribution in [2.75, 3.05) is 24.1 Å². The number of rotatable bonds is 6. The van der Waals surface area contributed by atoms with Crippen molar-refractivity contribution in [2.24, 2.45) is 5.92 Å². The number of nitrogens with two attached hydrogens (primary N) is 1. The van der Waals surface area contributed by atoms with Crippen LogP contribution in [0.25, 0.3) is 0 Å². The summed E-state index contributed by atoms with van der Waals surface area (Å²) in [6.45, 7) is 3.61. The van der Waals surface area contributed by atoms with Crippen LogP contribution in [-0.2, 0) is 17.8 Å². The van der Waals surface area contributed by atoms with Crippen molar-refractivity contribution in [3.8, 4) is 0 Å². The molecule has 3 heterocycles. The summed E-state index contributed by atoms with van der Waals surface area (Å²) < 4.78 is 0. The molecule has 0 aliphatic carbocycles. The number of likely N-dealkylation sites (tertiary alicyclic amines) is 1. The first kappa shape index (κ1) is 23.0. The second kappa shape index (κ2) is 11.1. The van der Waals surface area contributed by atoms with Crippen molar-refractivity contribution in [1.29, 1.82) is 0 Å². The molecule has 3 aromatic rings. The van der Waals surface area contributed by atoms with E-state index in [4.69, 9.17) is 15.6 Å². The standard InChI is InChI=1S/C21H25N7O.CH2O2/c1-14-5-4-7-17(9-14)24-21-26-19(25-20(22)27-21)13-28-11-15(18(29)12-28)10-16-6-2-3-8-23-16;2-1-3/h2-9,15,18,29H,10-13H2,1H3,(H3,22,24,25,26,27);1H,(H,2,3)/t15-,18-;/m1./s1. The smallest absolute Gasteiger partial charge is 0.290 e. The maximum absolute atomic E-state index is 10.5. The monoisotopic (exact) mass is 437 g/mol. The fraction of sp³-hybridized carbons (Fsp3) is 0.318. The zero-order valence-electron chi connectivity index (χ0n) is 17.8. The van der Waals surface area contributed by atoms with Crippen LogP contribution in [0.1, 0.15) is 17.1 Å². The number of pyridine rings is 1. The molecule has 0 spiro atoms. The molecule has 32 heavy (non-hydrogen) atoms. The van der Waals surface area contributed by atoms with Gasteiger partial charge in [-0.2, -0.15) is 15.0 Å². The highest BCUT2D eigenvalue weighted by atomic mass is 16.3. The number of nitrogens with one attached hydrogen (secondary N) is 1. The van der Waals surface area contributed by atoms with Crippen LogP contribution in [0.15, 0.2) is 48.7 Å². The van der Waals surface area contributed by atoms with Crippen LogP contribution in [0.5, 0.6) is 0 Å². The van der Waals surface area contributed by atoms with Gasteiger partial charge in [-0.15, -0.1) is 0 Å². The second-order valence-corrected chi connectivity index (χ2v) is 7.58. The van der Waals surface area contributed by atoms with Crippen LogP contribution in [-0.4, -0.2) is 60.7 Å². The van der Waals surface area contributed by atoms with Gasteiger partial charge in [-0.05, 0) is 43.2 Å². The molecule has 2 atom stereocenters. The third-order valence-electron chi connectivity index (χ3n) is 5.02. The van der Waals surface area contributed by atoms with Crippen LogP contribution >= 0.6 is 0 Å². The van der Waals surface area contributed by atoms with Crippen molar-refractivity contribution in [3.05, 3.63) is 65.7 Å². The van der Waals surface area contributed by atoms with Gasteiger partial charge < -0.3 is 21.3 Å². The van der Waals surface area contributed by atoms with E-state index in [0.717, 1.165) is 29.9 Å². The minimum absolute atomic E-state index is 0.133. The molecule has 1 saturated heterocycles. The zero-order chi connectivity index (χ0) is 22.9. The number of aryl methyl sites for hydroxylation is 1. The normalized spacial score (nSPS) is 17.9. The minimum Gasteiger partial charge on any atom is -0.483 e. The van der Waals surface area contributed by atoms with Crippen molar-refractivity contribution >= 4 is 24.1 Å². The topological polar surface area (TPSA) is 150 Å². The summed E-state index contributed by atoms with van der Waals surface area (Å²) in [6, 6.07) is 13.8. The highest BCUT2D eigenvalue weighted by Gasteiger charge is 2.32. The molecular weight excluding hydrogens is 410 g/mol. The Labute approximate surface area is 186 Å². The molecule has 1 fully saturated rings. The largest absolute Gasteiger partial charge is 0.483 e. The van der Waals surface area contributed by atoms with Gasteiger partial charge in [-0.25, -0.2) is 0 Å². The van der Waals surface area contributed by atoms with Crippen molar-refractivity contribution in [3.63, 3.8) is 0 Å². The molecule has 2 aromatic heterocycles. The van der Waals surface area contributed by atoms with Crippen LogP contribution in [0.2, 0.25) is 0 Å². The molecule has 4 rings (SSSR count). The fourth-order valence-corrected chi connectivity index (χ4v) is 3.68. The van der Waals surface area contributed by atoms with E-state index in [1.54, 1.807) is 6.20 Å². The number of nitrogens with zero attached hydrogens (tertiary/aromatic N) is 5. The first-order valence-electron chi connectivity index (χ1n) is 10.2. The zero-order valence-corrected chi connectivity index (χ0v) is 17.8. The Morgan fingerprint density at radius 3 is 2.72 bits per heavy atom. The van der Waals surface area contributed by atoms with Crippen LogP contribution < -0.4 is 11.1 Å². The summed E-state index contributed by atoms with van der Waals surface area (Å²) in [6.07, 6.45) is 2.13. The first-order chi connectivity index (χ1) is 15.5. The maximum Gasteiger partial charge on any atom is 0.290 e. The Bertz CT molecular complexity index is 1020. The highest BCUT2D eigenvalue weighted by molar-refractivity contribution is 5.54. The number of aromatic nitrogens is 4. The number of β-amino-alcohol motifs (C(OH)–C–C–N with tert-alkyl or cyclic N) is 1. The third kappa shape index (κ3) is 6.69. The van der Waals surface area contributed by atoms with E-state index in [9.17, 15) is 5.11 Å². The summed E-state index contributed by atoms with van der Waals surface area (Å²) in [5, 5.41) is 20.5. The van der Waals surface area contributed by atoms with Gasteiger partial charge in [0.1, 0.15) is 5.82 Å². The number of hydrogen-bond acceptors (Lipinski definition) is 9. The molecule has 10 heteroatoms. The Morgan fingerprint density at radius 2 is 2.00 bits per heavy atom. The third-order valence-corrected chi connectivity index (χ3v) is 5.02. The number of carbonyl (C=O) groups is 1. The SMILES string of the molecule is Cc1cccc(Nc2nc(N)nc(CN3C[C@@H](Cc4ccccn4)[C@H](O)C3)n2)c1.O=CO. The molecular formula is C22H27N7O3. The van der Waals surface area contributed by atoms with Crippen molar-refractivity contribution in [2.45, 2.75) is 26.0 Å². The molecule has 10 nitrogen and oxygen atoms in total. The minimum atomic E-state index is -0.402. The summed E-state index contributed by atoms with van der Waals surface area (Å²) >= 11 is 0. The van der Waals surface area contributed by atoms with Gasteiger partial charge in [0, 0.05) is 36.6 Å². The lowest BCUT2D eigenvalue weighted by Gasteiger charge is -2.15. The quantitative estimate of drug-likeness (QED) is 0.419. The van der Waals surface area contributed by atoms with Gasteiger partial charge in [0.25, 0.3) is 6.47 Å². The van der Waals surface area contributed by atoms with E-state index >= 15 is 0 Å². The molecule has 0 bridgehead atoms. The number of nitrogen functional groups attached to an aromatic ring is 1. The Hall–Kier alpha value is -3.63. The van der Waals surface area contributed by atoms with E-state index in [-0.39, 0.29) is 18.3 Å². The van der Waals surface area contributed by atoms with E-state index in [2.05, 4.69) is 30.2 Å². The molecule has 0 unspecified atom stereocenters. The van der Waals surface area contributed by atoms with Gasteiger partial charge in [0.15, 0.2) is 0 Å². The number of hydrogen-bond donors (Lipinski definition) is 4. The fourth-order valence-electron chi connectivity index (χ4n) is 3.68. The van der Waals surface area contributed by atoms with Gasteiger partial charge in [0.05, 0.1) is 12.6 Å². The number of aliphatic hydroxyl groups excluding tert-OH is 1. The summed E-state index contributed by atoms with van der Waals surface area (Å²) in [5.74, 6) is 1.31. The first-order valence-corrected chi connectivity index (χ1v) is 10.2. The molecule has 1 aliphatic rings. The Balaban J connectivity index is 0.000000913. The van der Waals surface area contributed by atoms with Crippen LogP contribution in [0, 0.1) is 12.8 Å². The maximum atomic E-state index is 10.5. The molecule has 1 aliphatic heterocycles. The van der Waals surface area contributed by atoms with Gasteiger partial charge in [-0.3, -0.25) is 14.7 Å². The predicted octanol–water partition coefficient (Wildman–Crippen LogP) is 1.64. The lowest BCUT2D eigenvalue weighted by atomic mass is 10.00. The molecule has 0 amide bonds. The molecule has 1 aromatic carbocycles. The van der Waals surface area contributed by atoms with Crippen molar-refractivity contribution < 1.29 is 15.0 Å². The summed E-state index contributed by atoms with van der Waals surface area (Å²) in [5.41, 5.74) is 8.93. The van der Waals surface area contributed by atoms with Gasteiger partial charge in [0.2, 0.25) is 11.9 Å². The average molecular weight is 438 g/mol.